The summed E-state index contributed by atoms with van der Waals surface area (Å²) < 4.78 is 7.57. The summed E-state index contributed by atoms with van der Waals surface area (Å²) >= 11 is 3.72. The van der Waals surface area contributed by atoms with Crippen molar-refractivity contribution in [2.45, 2.75) is 19.6 Å². The zero-order valence-corrected chi connectivity index (χ0v) is 27.5. The van der Waals surface area contributed by atoms with E-state index in [1.807, 2.05) is 23.5 Å². The van der Waals surface area contributed by atoms with Crippen molar-refractivity contribution in [1.82, 2.24) is 0 Å². The maximum atomic E-state index is 7.57. The molecular formula is C40H22B2N4OS2. The third-order valence-corrected chi connectivity index (χ3v) is 13.2. The fraction of sp³-hybridized carbons (Fsp3) is 0. The number of para-hydroxylation sites is 6. The van der Waals surface area contributed by atoms with Crippen LogP contribution in [0.1, 0.15) is 0 Å². The zero-order chi connectivity index (χ0) is 31.5. The molecule has 0 unspecified atom stereocenters. The molecule has 6 aliphatic rings. The quantitative estimate of drug-likeness (QED) is 0.150. The van der Waals surface area contributed by atoms with Crippen LogP contribution in [0.3, 0.4) is 0 Å². The molecule has 6 aromatic carbocycles. The number of anilines is 8. The lowest BCUT2D eigenvalue weighted by Gasteiger charge is -2.36. The Morgan fingerprint density at radius 3 is 1.24 bits per heavy atom. The van der Waals surface area contributed by atoms with Gasteiger partial charge in [-0.3, -0.25) is 0 Å². The molecule has 7 aromatic rings. The third kappa shape index (κ3) is 2.94. The Morgan fingerprint density at radius 2 is 0.755 bits per heavy atom. The van der Waals surface area contributed by atoms with Crippen molar-refractivity contribution in [1.29, 1.82) is 0 Å². The van der Waals surface area contributed by atoms with E-state index in [0.29, 0.717) is 0 Å². The third-order valence-electron chi connectivity index (χ3n) is 10.9. The van der Waals surface area contributed by atoms with Crippen LogP contribution in [-0.2, 0) is 0 Å². The average Bonchev–Trinajstić information content (AvgIpc) is 3.83. The number of furan rings is 1. The lowest BCUT2D eigenvalue weighted by atomic mass is 9.60. The largest absolute Gasteiger partial charge is 0.474 e. The van der Waals surface area contributed by atoms with Gasteiger partial charge in [0.25, 0.3) is 0 Å². The molecule has 0 bridgehead atoms. The molecular weight excluding hydrogens is 638 g/mol. The Bertz CT molecular complexity index is 2480. The van der Waals surface area contributed by atoms with Crippen LogP contribution >= 0.6 is 23.5 Å². The summed E-state index contributed by atoms with van der Waals surface area (Å²) in [7, 11) is 0. The molecule has 7 heterocycles. The summed E-state index contributed by atoms with van der Waals surface area (Å²) in [5.74, 6) is 0. The molecule has 5 nitrogen and oxygen atoms in total. The SMILES string of the molecule is c1ccc2c(c1)Sc1cccc3c1N2B1c2oc4c(c2-c2ccccc2N13)-c1ccccc1N1B4N2c3ccccc3Sc3cccc1c32. The average molecular weight is 660 g/mol. The Labute approximate surface area is 292 Å². The molecule has 0 fully saturated rings. The molecule has 0 radical (unpaired) electrons. The molecule has 0 amide bonds. The summed E-state index contributed by atoms with van der Waals surface area (Å²) in [5, 5.41) is 0. The Morgan fingerprint density at radius 1 is 0.367 bits per heavy atom. The van der Waals surface area contributed by atoms with Gasteiger partial charge in [0, 0.05) is 64.6 Å². The number of rotatable bonds is 0. The predicted molar refractivity (Wildman–Crippen MR) is 203 cm³/mol. The zero-order valence-electron chi connectivity index (χ0n) is 25.9. The van der Waals surface area contributed by atoms with Gasteiger partial charge >= 0.3 is 14.0 Å². The summed E-state index contributed by atoms with van der Waals surface area (Å²) in [4.78, 5) is 15.2. The highest BCUT2D eigenvalue weighted by atomic mass is 32.2. The lowest BCUT2D eigenvalue weighted by molar-refractivity contribution is 0.631. The van der Waals surface area contributed by atoms with Crippen molar-refractivity contribution < 1.29 is 4.42 Å². The molecule has 0 saturated heterocycles. The first-order valence-corrected chi connectivity index (χ1v) is 18.3. The van der Waals surface area contributed by atoms with E-state index >= 15 is 0 Å². The number of hydrogen-bond donors (Lipinski definition) is 0. The minimum atomic E-state index is -0.169. The van der Waals surface area contributed by atoms with Crippen molar-refractivity contribution in [3.05, 3.63) is 133 Å². The van der Waals surface area contributed by atoms with Crippen molar-refractivity contribution in [2.24, 2.45) is 0 Å². The van der Waals surface area contributed by atoms with Gasteiger partial charge in [-0.15, -0.1) is 0 Å². The Kier molecular flexibility index (Phi) is 4.60. The highest BCUT2D eigenvalue weighted by Gasteiger charge is 2.58. The van der Waals surface area contributed by atoms with Gasteiger partial charge in [-0.1, -0.05) is 96.3 Å². The van der Waals surface area contributed by atoms with Crippen molar-refractivity contribution >= 4 is 94.3 Å². The van der Waals surface area contributed by atoms with Gasteiger partial charge < -0.3 is 23.7 Å². The molecule has 0 aliphatic carbocycles. The van der Waals surface area contributed by atoms with Crippen LogP contribution in [0.4, 0.5) is 45.5 Å². The molecule has 49 heavy (non-hydrogen) atoms. The molecule has 13 rings (SSSR count). The smallest absolute Gasteiger partial charge is 0.459 e. The topological polar surface area (TPSA) is 26.1 Å². The molecule has 0 N–H and O–H groups in total. The van der Waals surface area contributed by atoms with Crippen molar-refractivity contribution in [3.63, 3.8) is 0 Å². The number of benzene rings is 6. The van der Waals surface area contributed by atoms with Crippen molar-refractivity contribution in [2.75, 3.05) is 19.2 Å². The van der Waals surface area contributed by atoms with Crippen LogP contribution in [0.15, 0.2) is 157 Å². The molecule has 9 heteroatoms. The second kappa shape index (κ2) is 8.80. The number of hydrogen-bond acceptors (Lipinski definition) is 7. The van der Waals surface area contributed by atoms with Gasteiger partial charge in [0.05, 0.1) is 22.7 Å². The van der Waals surface area contributed by atoms with E-state index in [-0.39, 0.29) is 14.0 Å². The Hall–Kier alpha value is -5.37. The molecule has 6 aliphatic heterocycles. The van der Waals surface area contributed by atoms with Crippen LogP contribution < -0.4 is 30.6 Å². The van der Waals surface area contributed by atoms with Crippen molar-refractivity contribution in [3.8, 4) is 22.3 Å². The highest BCUT2D eigenvalue weighted by Crippen LogP contribution is 2.62. The van der Waals surface area contributed by atoms with Crippen LogP contribution in [0.5, 0.6) is 0 Å². The summed E-state index contributed by atoms with van der Waals surface area (Å²) in [6.45, 7) is -0.337. The van der Waals surface area contributed by atoms with Gasteiger partial charge in [0.1, 0.15) is 11.3 Å². The molecule has 0 spiro atoms. The maximum Gasteiger partial charge on any atom is 0.459 e. The minimum absolute atomic E-state index is 0.169. The summed E-state index contributed by atoms with van der Waals surface area (Å²) in [5.41, 5.74) is 16.7. The van der Waals surface area contributed by atoms with E-state index in [0.717, 1.165) is 11.3 Å². The molecule has 1 aromatic heterocycles. The van der Waals surface area contributed by atoms with Crippen LogP contribution in [0.2, 0.25) is 0 Å². The van der Waals surface area contributed by atoms with E-state index in [9.17, 15) is 0 Å². The summed E-state index contributed by atoms with van der Waals surface area (Å²) in [6, 6.07) is 49.0. The van der Waals surface area contributed by atoms with Gasteiger partial charge in [0.2, 0.25) is 0 Å². The molecule has 0 saturated carbocycles. The standard InChI is InChI=1S/C40H22B2N4OS2/c1-3-13-25-23(11-1)35-36-24-12-2-4-14-26(24)44-30-18-10-22-34-38(30)46(28-16-6-8-20-32(28)49-34)42(44)40(36)47-39(35)41-43(25)29-17-9-21-33-37(29)45(41)27-15-5-7-19-31(27)48-33/h1-22H. The monoisotopic (exact) mass is 660 g/mol. The fourth-order valence-electron chi connectivity index (χ4n) is 9.17. The number of fused-ring (bicyclic) bond motifs is 21. The first-order chi connectivity index (χ1) is 24.3. The van der Waals surface area contributed by atoms with E-state index < -0.39 is 0 Å². The maximum absolute atomic E-state index is 7.57. The van der Waals surface area contributed by atoms with Gasteiger partial charge in [-0.2, -0.15) is 0 Å². The normalized spacial score (nSPS) is 15.8. The highest BCUT2D eigenvalue weighted by molar-refractivity contribution is 8.00. The predicted octanol–water partition coefficient (Wildman–Crippen LogP) is 9.54. The van der Waals surface area contributed by atoms with E-state index in [4.69, 9.17) is 4.42 Å². The van der Waals surface area contributed by atoms with E-state index in [1.54, 1.807) is 0 Å². The van der Waals surface area contributed by atoms with E-state index in [1.165, 1.54) is 87.3 Å². The second-order valence-corrected chi connectivity index (χ2v) is 15.4. The first-order valence-electron chi connectivity index (χ1n) is 16.7. The molecule has 0 atom stereocenters. The van der Waals surface area contributed by atoms with Crippen LogP contribution in [0, 0.1) is 0 Å². The Balaban J connectivity index is 1.15. The molecule has 226 valence electrons. The van der Waals surface area contributed by atoms with Gasteiger partial charge in [-0.05, 0) is 60.7 Å². The van der Waals surface area contributed by atoms with Crippen LogP contribution in [-0.4, -0.2) is 14.0 Å². The summed E-state index contributed by atoms with van der Waals surface area (Å²) in [6.07, 6.45) is 0. The van der Waals surface area contributed by atoms with Crippen LogP contribution in [0.25, 0.3) is 22.3 Å². The minimum Gasteiger partial charge on any atom is -0.474 e. The lowest BCUT2D eigenvalue weighted by Crippen LogP contribution is -2.57. The number of nitrogens with zero attached hydrogens (tertiary/aromatic N) is 4. The first kappa shape index (κ1) is 25.6. The van der Waals surface area contributed by atoms with Gasteiger partial charge in [-0.25, -0.2) is 0 Å². The van der Waals surface area contributed by atoms with E-state index in [2.05, 4.69) is 153 Å². The fourth-order valence-corrected chi connectivity index (χ4v) is 11.4. The van der Waals surface area contributed by atoms with Gasteiger partial charge in [0.15, 0.2) is 0 Å². The second-order valence-electron chi connectivity index (χ2n) is 13.2.